The first-order valence-corrected chi connectivity index (χ1v) is 7.54. The van der Waals surface area contributed by atoms with Crippen molar-refractivity contribution in [3.63, 3.8) is 0 Å². The van der Waals surface area contributed by atoms with E-state index in [2.05, 4.69) is 10.3 Å². The van der Waals surface area contributed by atoms with E-state index in [0.29, 0.717) is 11.5 Å². The predicted molar refractivity (Wildman–Crippen MR) is 92.4 cm³/mol. The van der Waals surface area contributed by atoms with Crippen molar-refractivity contribution in [3.05, 3.63) is 65.7 Å². The summed E-state index contributed by atoms with van der Waals surface area (Å²) in [5.74, 6) is 0.784. The van der Waals surface area contributed by atoms with Gasteiger partial charge < -0.3 is 14.5 Å². The molecule has 24 heavy (non-hydrogen) atoms. The summed E-state index contributed by atoms with van der Waals surface area (Å²) in [7, 11) is 1.59. The number of oxazole rings is 1. The number of ether oxygens (including phenoxy) is 1. The second kappa shape index (κ2) is 6.58. The Morgan fingerprint density at radius 2 is 1.88 bits per heavy atom. The van der Waals surface area contributed by atoms with Gasteiger partial charge in [-0.3, -0.25) is 4.79 Å². The van der Waals surface area contributed by atoms with Crippen LogP contribution in [0.15, 0.2) is 53.3 Å². The number of methoxy groups -OCH3 is 1. The van der Waals surface area contributed by atoms with Crippen molar-refractivity contribution < 1.29 is 13.9 Å². The quantitative estimate of drug-likeness (QED) is 0.781. The van der Waals surface area contributed by atoms with Crippen molar-refractivity contribution in [1.82, 2.24) is 4.98 Å². The molecule has 0 aliphatic carbocycles. The van der Waals surface area contributed by atoms with Gasteiger partial charge in [0, 0.05) is 11.3 Å². The smallest absolute Gasteiger partial charge is 0.278 e. The first-order valence-electron chi connectivity index (χ1n) is 7.54. The van der Waals surface area contributed by atoms with Gasteiger partial charge >= 0.3 is 0 Å². The molecule has 0 atom stereocenters. The van der Waals surface area contributed by atoms with Crippen LogP contribution in [0.1, 0.15) is 21.6 Å². The zero-order valence-electron chi connectivity index (χ0n) is 13.8. The molecular weight excluding hydrogens is 304 g/mol. The molecule has 1 amide bonds. The van der Waals surface area contributed by atoms with Gasteiger partial charge in [0.15, 0.2) is 17.8 Å². The summed E-state index contributed by atoms with van der Waals surface area (Å²) < 4.78 is 10.6. The van der Waals surface area contributed by atoms with Crippen LogP contribution in [0.2, 0.25) is 0 Å². The van der Waals surface area contributed by atoms with Crippen LogP contribution in [-0.4, -0.2) is 18.0 Å². The Morgan fingerprint density at radius 3 is 2.58 bits per heavy atom. The molecule has 0 bridgehead atoms. The third-order valence-corrected chi connectivity index (χ3v) is 3.59. The maximum absolute atomic E-state index is 12.6. The lowest BCUT2D eigenvalue weighted by molar-refractivity contribution is 0.102. The number of benzene rings is 2. The van der Waals surface area contributed by atoms with E-state index >= 15 is 0 Å². The van der Waals surface area contributed by atoms with Gasteiger partial charge in [0.2, 0.25) is 0 Å². The molecule has 0 saturated carbocycles. The molecular formula is C19H18N2O3. The Hall–Kier alpha value is -3.08. The standard InChI is InChI=1S/C19H18N2O3/c1-12-7-13(2)9-15(8-12)21-19(22)17-18(24-11-20-17)14-5-4-6-16(10-14)23-3/h4-11H,1-3H3,(H,21,22). The summed E-state index contributed by atoms with van der Waals surface area (Å²) in [5.41, 5.74) is 3.87. The minimum Gasteiger partial charge on any atom is -0.497 e. The number of anilines is 1. The highest BCUT2D eigenvalue weighted by Crippen LogP contribution is 2.27. The zero-order chi connectivity index (χ0) is 17.1. The summed E-state index contributed by atoms with van der Waals surface area (Å²) in [6.45, 7) is 3.97. The summed E-state index contributed by atoms with van der Waals surface area (Å²) in [6, 6.07) is 13.2. The molecule has 0 radical (unpaired) electrons. The van der Waals surface area contributed by atoms with Crippen LogP contribution < -0.4 is 10.1 Å². The number of hydrogen-bond donors (Lipinski definition) is 1. The highest BCUT2D eigenvalue weighted by atomic mass is 16.5. The van der Waals surface area contributed by atoms with Crippen molar-refractivity contribution in [2.75, 3.05) is 12.4 Å². The average molecular weight is 322 g/mol. The van der Waals surface area contributed by atoms with E-state index in [1.54, 1.807) is 13.2 Å². The second-order valence-corrected chi connectivity index (χ2v) is 5.59. The molecule has 1 N–H and O–H groups in total. The number of aryl methyl sites for hydroxylation is 2. The summed E-state index contributed by atoms with van der Waals surface area (Å²) in [6.07, 6.45) is 1.27. The van der Waals surface area contributed by atoms with Gasteiger partial charge in [-0.25, -0.2) is 4.98 Å². The van der Waals surface area contributed by atoms with E-state index in [1.165, 1.54) is 6.39 Å². The van der Waals surface area contributed by atoms with Gasteiger partial charge in [-0.15, -0.1) is 0 Å². The number of aromatic nitrogens is 1. The molecule has 3 rings (SSSR count). The lowest BCUT2D eigenvalue weighted by Gasteiger charge is -2.07. The van der Waals surface area contributed by atoms with Crippen molar-refractivity contribution in [3.8, 4) is 17.1 Å². The number of nitrogens with zero attached hydrogens (tertiary/aromatic N) is 1. The highest BCUT2D eigenvalue weighted by molar-refractivity contribution is 6.06. The Bertz CT molecular complexity index is 864. The van der Waals surface area contributed by atoms with Crippen molar-refractivity contribution in [2.24, 2.45) is 0 Å². The Balaban J connectivity index is 1.90. The topological polar surface area (TPSA) is 64.4 Å². The molecule has 0 saturated heterocycles. The normalized spacial score (nSPS) is 10.5. The highest BCUT2D eigenvalue weighted by Gasteiger charge is 2.19. The molecule has 0 fully saturated rings. The van der Waals surface area contributed by atoms with E-state index in [4.69, 9.17) is 9.15 Å². The molecule has 5 nitrogen and oxygen atoms in total. The maximum atomic E-state index is 12.6. The van der Waals surface area contributed by atoms with E-state index in [9.17, 15) is 4.79 Å². The minimum absolute atomic E-state index is 0.238. The lowest BCUT2D eigenvalue weighted by atomic mass is 10.1. The monoisotopic (exact) mass is 322 g/mol. The fraction of sp³-hybridized carbons (Fsp3) is 0.158. The number of nitrogens with one attached hydrogen (secondary N) is 1. The fourth-order valence-corrected chi connectivity index (χ4v) is 2.61. The summed E-state index contributed by atoms with van der Waals surface area (Å²) in [5, 5.41) is 2.87. The molecule has 2 aromatic carbocycles. The number of hydrogen-bond acceptors (Lipinski definition) is 4. The van der Waals surface area contributed by atoms with Crippen LogP contribution >= 0.6 is 0 Å². The number of carbonyl (C=O) groups is 1. The lowest BCUT2D eigenvalue weighted by Crippen LogP contribution is -2.13. The fourth-order valence-electron chi connectivity index (χ4n) is 2.61. The average Bonchev–Trinajstić information content (AvgIpc) is 3.03. The van der Waals surface area contributed by atoms with Crippen LogP contribution in [0, 0.1) is 13.8 Å². The van der Waals surface area contributed by atoms with Gasteiger partial charge in [0.1, 0.15) is 5.75 Å². The van der Waals surface area contributed by atoms with Crippen LogP contribution in [0.25, 0.3) is 11.3 Å². The second-order valence-electron chi connectivity index (χ2n) is 5.59. The summed E-state index contributed by atoms with van der Waals surface area (Å²) >= 11 is 0. The largest absolute Gasteiger partial charge is 0.497 e. The molecule has 0 aliphatic rings. The van der Waals surface area contributed by atoms with Crippen molar-refractivity contribution in [1.29, 1.82) is 0 Å². The Labute approximate surface area is 140 Å². The van der Waals surface area contributed by atoms with E-state index in [0.717, 1.165) is 22.4 Å². The van der Waals surface area contributed by atoms with Gasteiger partial charge in [0.25, 0.3) is 5.91 Å². The number of amides is 1. The van der Waals surface area contributed by atoms with E-state index in [1.807, 2.05) is 50.2 Å². The first-order chi connectivity index (χ1) is 11.6. The van der Waals surface area contributed by atoms with Crippen LogP contribution in [0.5, 0.6) is 5.75 Å². The third-order valence-electron chi connectivity index (χ3n) is 3.59. The van der Waals surface area contributed by atoms with Gasteiger partial charge in [-0.1, -0.05) is 18.2 Å². The molecule has 1 heterocycles. The molecule has 0 aliphatic heterocycles. The molecule has 0 unspecified atom stereocenters. The molecule has 122 valence electrons. The predicted octanol–water partition coefficient (Wildman–Crippen LogP) is 4.22. The van der Waals surface area contributed by atoms with E-state index in [-0.39, 0.29) is 11.6 Å². The Morgan fingerprint density at radius 1 is 1.12 bits per heavy atom. The number of rotatable bonds is 4. The van der Waals surface area contributed by atoms with Gasteiger partial charge in [0.05, 0.1) is 7.11 Å². The molecule has 0 spiro atoms. The van der Waals surface area contributed by atoms with E-state index < -0.39 is 0 Å². The first kappa shape index (κ1) is 15.8. The number of carbonyl (C=O) groups excluding carboxylic acids is 1. The van der Waals surface area contributed by atoms with Crippen molar-refractivity contribution >= 4 is 11.6 Å². The Kier molecular flexibility index (Phi) is 4.33. The maximum Gasteiger partial charge on any atom is 0.278 e. The van der Waals surface area contributed by atoms with Crippen LogP contribution in [0.3, 0.4) is 0 Å². The SMILES string of the molecule is COc1cccc(-c2ocnc2C(=O)Nc2cc(C)cc(C)c2)c1. The molecule has 1 aromatic heterocycles. The van der Waals surface area contributed by atoms with Crippen LogP contribution in [0.4, 0.5) is 5.69 Å². The summed E-state index contributed by atoms with van der Waals surface area (Å²) in [4.78, 5) is 16.7. The van der Waals surface area contributed by atoms with Gasteiger partial charge in [-0.05, 0) is 49.2 Å². The zero-order valence-corrected chi connectivity index (χ0v) is 13.8. The van der Waals surface area contributed by atoms with Crippen molar-refractivity contribution in [2.45, 2.75) is 13.8 Å². The third kappa shape index (κ3) is 3.30. The minimum atomic E-state index is -0.313. The molecule has 5 heteroatoms. The molecule has 3 aromatic rings. The van der Waals surface area contributed by atoms with Crippen LogP contribution in [-0.2, 0) is 0 Å². The van der Waals surface area contributed by atoms with Gasteiger partial charge in [-0.2, -0.15) is 0 Å².